The number of hydrogen-bond acceptors (Lipinski definition) is 5. The van der Waals surface area contributed by atoms with Gasteiger partial charge in [-0.1, -0.05) is 30.3 Å². The zero-order chi connectivity index (χ0) is 17.2. The van der Waals surface area contributed by atoms with Crippen molar-refractivity contribution in [2.45, 2.75) is 13.5 Å². The van der Waals surface area contributed by atoms with Crippen molar-refractivity contribution in [1.82, 2.24) is 24.6 Å². The predicted molar refractivity (Wildman–Crippen MR) is 95.3 cm³/mol. The molecule has 4 rings (SSSR count). The second-order valence-corrected chi connectivity index (χ2v) is 5.70. The minimum absolute atomic E-state index is 0.174. The highest BCUT2D eigenvalue weighted by atomic mass is 16.1. The molecule has 0 aliphatic carbocycles. The molecular formula is C18H16N6O. The van der Waals surface area contributed by atoms with Crippen molar-refractivity contribution in [3.63, 3.8) is 0 Å². The molecule has 0 spiro atoms. The topological polar surface area (TPSA) is 88.0 Å². The minimum atomic E-state index is -0.174. The van der Waals surface area contributed by atoms with Crippen molar-refractivity contribution in [2.75, 3.05) is 5.32 Å². The Balaban J connectivity index is 1.74. The number of nitrogens with one attached hydrogen (secondary N) is 2. The van der Waals surface area contributed by atoms with Crippen molar-refractivity contribution >= 4 is 11.5 Å². The Hall–Kier alpha value is -3.48. The molecule has 25 heavy (non-hydrogen) atoms. The second kappa shape index (κ2) is 6.20. The van der Waals surface area contributed by atoms with Crippen LogP contribution in [0, 0.1) is 6.92 Å². The molecular weight excluding hydrogens is 316 g/mol. The van der Waals surface area contributed by atoms with E-state index in [0.717, 1.165) is 28.4 Å². The molecule has 0 radical (unpaired) electrons. The quantitative estimate of drug-likeness (QED) is 0.599. The fourth-order valence-electron chi connectivity index (χ4n) is 2.66. The largest absolute Gasteiger partial charge is 0.364 e. The molecule has 3 heterocycles. The Bertz CT molecular complexity index is 1080. The molecule has 2 N–H and O–H groups in total. The van der Waals surface area contributed by atoms with E-state index in [-0.39, 0.29) is 5.56 Å². The lowest BCUT2D eigenvalue weighted by molar-refractivity contribution is 0.897. The van der Waals surface area contributed by atoms with Gasteiger partial charge in [0.2, 0.25) is 0 Å². The van der Waals surface area contributed by atoms with Crippen molar-refractivity contribution < 1.29 is 0 Å². The lowest BCUT2D eigenvalue weighted by Gasteiger charge is -2.10. The van der Waals surface area contributed by atoms with Gasteiger partial charge in [-0.25, -0.2) is 9.97 Å². The van der Waals surface area contributed by atoms with Gasteiger partial charge >= 0.3 is 0 Å². The van der Waals surface area contributed by atoms with Gasteiger partial charge in [0.25, 0.3) is 5.56 Å². The number of aryl methyl sites for hydroxylation is 1. The molecule has 0 aliphatic rings. The Morgan fingerprint density at radius 3 is 2.80 bits per heavy atom. The third-order valence-corrected chi connectivity index (χ3v) is 3.80. The number of H-pyrrole nitrogens is 1. The minimum Gasteiger partial charge on any atom is -0.364 e. The van der Waals surface area contributed by atoms with Gasteiger partial charge in [-0.2, -0.15) is 9.61 Å². The van der Waals surface area contributed by atoms with Crippen LogP contribution < -0.4 is 10.9 Å². The zero-order valence-electron chi connectivity index (χ0n) is 13.6. The van der Waals surface area contributed by atoms with Crippen LogP contribution in [0.1, 0.15) is 11.4 Å². The van der Waals surface area contributed by atoms with E-state index >= 15 is 0 Å². The molecule has 0 unspecified atom stereocenters. The lowest BCUT2D eigenvalue weighted by Crippen LogP contribution is -2.12. The summed E-state index contributed by atoms with van der Waals surface area (Å²) >= 11 is 0. The predicted octanol–water partition coefficient (Wildman–Crippen LogP) is 2.40. The Morgan fingerprint density at radius 2 is 2.00 bits per heavy atom. The Morgan fingerprint density at radius 1 is 1.16 bits per heavy atom. The highest BCUT2D eigenvalue weighted by molar-refractivity contribution is 5.66. The van der Waals surface area contributed by atoms with Gasteiger partial charge in [0, 0.05) is 23.8 Å². The highest BCUT2D eigenvalue weighted by Crippen LogP contribution is 2.22. The average Bonchev–Trinajstić information content (AvgIpc) is 3.00. The summed E-state index contributed by atoms with van der Waals surface area (Å²) in [7, 11) is 0. The molecule has 124 valence electrons. The van der Waals surface area contributed by atoms with Gasteiger partial charge in [0.1, 0.15) is 5.82 Å². The molecule has 4 aromatic rings. The molecule has 0 amide bonds. The summed E-state index contributed by atoms with van der Waals surface area (Å²) in [5.41, 5.74) is 4.01. The van der Waals surface area contributed by atoms with Crippen molar-refractivity contribution in [3.8, 4) is 11.3 Å². The van der Waals surface area contributed by atoms with Crippen molar-refractivity contribution in [1.29, 1.82) is 0 Å². The van der Waals surface area contributed by atoms with E-state index in [2.05, 4.69) is 25.4 Å². The monoisotopic (exact) mass is 332 g/mol. The molecule has 0 atom stereocenters. The molecule has 3 aromatic heterocycles. The number of aromatic nitrogens is 5. The molecule has 0 fully saturated rings. The van der Waals surface area contributed by atoms with Crippen LogP contribution >= 0.6 is 0 Å². The number of aromatic amines is 1. The number of fused-ring (bicyclic) bond motifs is 1. The summed E-state index contributed by atoms with van der Waals surface area (Å²) in [5, 5.41) is 7.78. The molecule has 7 heteroatoms. The van der Waals surface area contributed by atoms with Crippen LogP contribution in [0.15, 0.2) is 59.7 Å². The maximum atomic E-state index is 11.4. The number of nitrogens with zero attached hydrogens (tertiary/aromatic N) is 4. The van der Waals surface area contributed by atoms with Crippen molar-refractivity contribution in [2.24, 2.45) is 0 Å². The SMILES string of the molecule is Cc1cc2nc(-c3ccccc3)cc(NCc3cc(=O)[nH]cn3)n2n1. The molecule has 0 bridgehead atoms. The van der Waals surface area contributed by atoms with Gasteiger partial charge in [0.05, 0.1) is 30.0 Å². The fraction of sp³-hybridized carbons (Fsp3) is 0.111. The third kappa shape index (κ3) is 3.12. The summed E-state index contributed by atoms with van der Waals surface area (Å²) in [5.74, 6) is 0.791. The van der Waals surface area contributed by atoms with Crippen LogP contribution in [-0.2, 0) is 6.54 Å². The van der Waals surface area contributed by atoms with E-state index in [0.29, 0.717) is 12.2 Å². The van der Waals surface area contributed by atoms with Gasteiger partial charge in [-0.3, -0.25) is 4.79 Å². The van der Waals surface area contributed by atoms with Gasteiger partial charge in [-0.15, -0.1) is 0 Å². The van der Waals surface area contributed by atoms with Crippen LogP contribution in [-0.4, -0.2) is 24.6 Å². The normalized spacial score (nSPS) is 10.9. The van der Waals surface area contributed by atoms with Crippen LogP contribution in [0.2, 0.25) is 0 Å². The zero-order valence-corrected chi connectivity index (χ0v) is 13.6. The molecule has 1 aromatic carbocycles. The van der Waals surface area contributed by atoms with Crippen molar-refractivity contribution in [3.05, 3.63) is 76.6 Å². The summed E-state index contributed by atoms with van der Waals surface area (Å²) in [6, 6.07) is 15.3. The first-order chi connectivity index (χ1) is 12.2. The van der Waals surface area contributed by atoms with Gasteiger partial charge < -0.3 is 10.3 Å². The first kappa shape index (κ1) is 15.1. The summed E-state index contributed by atoms with van der Waals surface area (Å²) in [6.07, 6.45) is 1.40. The Kier molecular flexibility index (Phi) is 3.74. The number of hydrogen-bond donors (Lipinski definition) is 2. The molecule has 0 saturated heterocycles. The van der Waals surface area contributed by atoms with Crippen LogP contribution in [0.3, 0.4) is 0 Å². The maximum absolute atomic E-state index is 11.4. The van der Waals surface area contributed by atoms with Gasteiger partial charge in [-0.05, 0) is 6.92 Å². The second-order valence-electron chi connectivity index (χ2n) is 5.70. The van der Waals surface area contributed by atoms with Crippen LogP contribution in [0.5, 0.6) is 0 Å². The van der Waals surface area contributed by atoms with E-state index in [1.54, 1.807) is 4.52 Å². The van der Waals surface area contributed by atoms with E-state index in [1.165, 1.54) is 12.4 Å². The number of anilines is 1. The molecule has 7 nitrogen and oxygen atoms in total. The first-order valence-corrected chi connectivity index (χ1v) is 7.89. The smallest absolute Gasteiger partial charge is 0.250 e. The van der Waals surface area contributed by atoms with E-state index in [4.69, 9.17) is 0 Å². The third-order valence-electron chi connectivity index (χ3n) is 3.80. The molecule has 0 saturated carbocycles. The fourth-order valence-corrected chi connectivity index (χ4v) is 2.66. The van der Waals surface area contributed by atoms with E-state index in [9.17, 15) is 4.79 Å². The lowest BCUT2D eigenvalue weighted by atomic mass is 10.1. The number of benzene rings is 1. The van der Waals surface area contributed by atoms with Crippen LogP contribution in [0.25, 0.3) is 16.9 Å². The van der Waals surface area contributed by atoms with Crippen LogP contribution in [0.4, 0.5) is 5.82 Å². The number of rotatable bonds is 4. The molecule has 0 aliphatic heterocycles. The maximum Gasteiger partial charge on any atom is 0.250 e. The van der Waals surface area contributed by atoms with E-state index < -0.39 is 0 Å². The van der Waals surface area contributed by atoms with E-state index in [1.807, 2.05) is 49.4 Å². The highest BCUT2D eigenvalue weighted by Gasteiger charge is 2.10. The first-order valence-electron chi connectivity index (χ1n) is 7.89. The Labute approximate surface area is 143 Å². The summed E-state index contributed by atoms with van der Waals surface area (Å²) in [4.78, 5) is 22.8. The van der Waals surface area contributed by atoms with Gasteiger partial charge in [0.15, 0.2) is 5.65 Å². The summed E-state index contributed by atoms with van der Waals surface area (Å²) < 4.78 is 1.76. The average molecular weight is 332 g/mol. The summed E-state index contributed by atoms with van der Waals surface area (Å²) in [6.45, 7) is 2.34. The standard InChI is InChI=1S/C18H16N6O/c1-12-7-17-22-15(13-5-3-2-4-6-13)9-16(24(17)23-12)19-10-14-8-18(25)21-11-20-14/h2-9,11,19H,10H2,1H3,(H,20,21,25).